The molecule has 1 atom stereocenters. The number of rotatable bonds is 1. The van der Waals surface area contributed by atoms with Gasteiger partial charge in [-0.25, -0.2) is 0 Å². The average molecular weight is 170 g/mol. The molecule has 0 aliphatic heterocycles. The van der Waals surface area contributed by atoms with Crippen LogP contribution in [-0.2, 0) is 0 Å². The van der Waals surface area contributed by atoms with Crippen LogP contribution in [0.2, 0.25) is 5.02 Å². The van der Waals surface area contributed by atoms with Crippen molar-refractivity contribution in [3.8, 4) is 0 Å². The minimum absolute atomic E-state index is 0.0161. The number of benzene rings is 1. The normalized spacial score (nSPS) is 13.1. The topological polar surface area (TPSA) is 26.0 Å². The highest BCUT2D eigenvalue weighted by molar-refractivity contribution is 6.31. The predicted octanol–water partition coefficient (Wildman–Crippen LogP) is 2.67. The lowest BCUT2D eigenvalue weighted by molar-refractivity contribution is 0.817. The molecule has 1 aromatic carbocycles. The van der Waals surface area contributed by atoms with E-state index in [1.165, 1.54) is 5.56 Å². The SMILES string of the molecule is Cc1ccc(Cl)c([C@H](C)N)c1. The molecule has 0 fully saturated rings. The van der Waals surface area contributed by atoms with Crippen LogP contribution in [0.3, 0.4) is 0 Å². The standard InChI is InChI=1S/C9H12ClN/c1-6-3-4-9(10)8(5-6)7(2)11/h3-5,7H,11H2,1-2H3/t7-/m0/s1. The fourth-order valence-electron chi connectivity index (χ4n) is 1.01. The van der Waals surface area contributed by atoms with Crippen molar-refractivity contribution in [2.75, 3.05) is 0 Å². The first-order valence-electron chi connectivity index (χ1n) is 3.63. The lowest BCUT2D eigenvalue weighted by atomic mass is 10.1. The second-order valence-electron chi connectivity index (χ2n) is 2.81. The monoisotopic (exact) mass is 169 g/mol. The van der Waals surface area contributed by atoms with Crippen LogP contribution < -0.4 is 5.73 Å². The van der Waals surface area contributed by atoms with E-state index in [-0.39, 0.29) is 6.04 Å². The van der Waals surface area contributed by atoms with Crippen molar-refractivity contribution in [2.45, 2.75) is 19.9 Å². The third-order valence-electron chi connectivity index (χ3n) is 1.64. The third kappa shape index (κ3) is 1.95. The van der Waals surface area contributed by atoms with Gasteiger partial charge in [-0.15, -0.1) is 0 Å². The number of aryl methyl sites for hydroxylation is 1. The van der Waals surface area contributed by atoms with E-state index in [9.17, 15) is 0 Å². The summed E-state index contributed by atoms with van der Waals surface area (Å²) >= 11 is 5.91. The van der Waals surface area contributed by atoms with Crippen molar-refractivity contribution in [3.63, 3.8) is 0 Å². The Morgan fingerprint density at radius 2 is 2.09 bits per heavy atom. The van der Waals surface area contributed by atoms with Crippen LogP contribution in [0.25, 0.3) is 0 Å². The van der Waals surface area contributed by atoms with Crippen LogP contribution >= 0.6 is 11.6 Å². The highest BCUT2D eigenvalue weighted by Crippen LogP contribution is 2.21. The molecule has 1 nitrogen and oxygen atoms in total. The zero-order valence-corrected chi connectivity index (χ0v) is 7.52. The maximum absolute atomic E-state index is 5.91. The van der Waals surface area contributed by atoms with E-state index in [0.717, 1.165) is 10.6 Å². The van der Waals surface area contributed by atoms with Crippen molar-refractivity contribution < 1.29 is 0 Å². The van der Waals surface area contributed by atoms with Gasteiger partial charge in [0.2, 0.25) is 0 Å². The Morgan fingerprint density at radius 1 is 1.45 bits per heavy atom. The molecule has 2 heteroatoms. The Balaban J connectivity index is 3.13. The molecule has 0 unspecified atom stereocenters. The summed E-state index contributed by atoms with van der Waals surface area (Å²) < 4.78 is 0. The molecule has 0 saturated heterocycles. The lowest BCUT2D eigenvalue weighted by Crippen LogP contribution is -2.05. The second-order valence-corrected chi connectivity index (χ2v) is 3.22. The first-order valence-corrected chi connectivity index (χ1v) is 4.00. The third-order valence-corrected chi connectivity index (χ3v) is 1.99. The Kier molecular flexibility index (Phi) is 2.53. The molecular weight excluding hydrogens is 158 g/mol. The molecule has 0 aliphatic rings. The quantitative estimate of drug-likeness (QED) is 0.688. The van der Waals surface area contributed by atoms with Gasteiger partial charge in [0, 0.05) is 11.1 Å². The molecule has 0 saturated carbocycles. The maximum atomic E-state index is 5.91. The van der Waals surface area contributed by atoms with Crippen molar-refractivity contribution in [3.05, 3.63) is 34.3 Å². The summed E-state index contributed by atoms with van der Waals surface area (Å²) in [5, 5.41) is 0.755. The number of hydrogen-bond donors (Lipinski definition) is 1. The first-order chi connectivity index (χ1) is 5.11. The summed E-state index contributed by atoms with van der Waals surface area (Å²) in [6.45, 7) is 3.96. The second kappa shape index (κ2) is 3.24. The van der Waals surface area contributed by atoms with Crippen molar-refractivity contribution in [1.29, 1.82) is 0 Å². The van der Waals surface area contributed by atoms with Gasteiger partial charge < -0.3 is 5.73 Å². The molecule has 1 rings (SSSR count). The van der Waals surface area contributed by atoms with Crippen LogP contribution in [0, 0.1) is 6.92 Å². The van der Waals surface area contributed by atoms with E-state index < -0.39 is 0 Å². The predicted molar refractivity (Wildman–Crippen MR) is 48.8 cm³/mol. The van der Waals surface area contributed by atoms with Gasteiger partial charge in [0.05, 0.1) is 0 Å². The van der Waals surface area contributed by atoms with Crippen LogP contribution in [0.1, 0.15) is 24.1 Å². The smallest absolute Gasteiger partial charge is 0.0453 e. The fraction of sp³-hybridized carbons (Fsp3) is 0.333. The number of nitrogens with two attached hydrogens (primary N) is 1. The van der Waals surface area contributed by atoms with E-state index in [1.54, 1.807) is 0 Å². The molecular formula is C9H12ClN. The van der Waals surface area contributed by atoms with Crippen molar-refractivity contribution in [2.24, 2.45) is 5.73 Å². The molecule has 0 aromatic heterocycles. The van der Waals surface area contributed by atoms with E-state index >= 15 is 0 Å². The molecule has 1 aromatic rings. The maximum Gasteiger partial charge on any atom is 0.0453 e. The van der Waals surface area contributed by atoms with Gasteiger partial charge in [-0.2, -0.15) is 0 Å². The van der Waals surface area contributed by atoms with Crippen LogP contribution in [0.15, 0.2) is 18.2 Å². The highest BCUT2D eigenvalue weighted by Gasteiger charge is 2.03. The summed E-state index contributed by atoms with van der Waals surface area (Å²) in [6, 6.07) is 5.90. The Labute approximate surface area is 72.2 Å². The summed E-state index contributed by atoms with van der Waals surface area (Å²) in [5.41, 5.74) is 7.92. The first kappa shape index (κ1) is 8.57. The molecule has 0 aliphatic carbocycles. The summed E-state index contributed by atoms with van der Waals surface area (Å²) in [7, 11) is 0. The number of hydrogen-bond acceptors (Lipinski definition) is 1. The van der Waals surface area contributed by atoms with Gasteiger partial charge in [0.15, 0.2) is 0 Å². The molecule has 0 amide bonds. The average Bonchev–Trinajstić information content (AvgIpc) is 1.94. The van der Waals surface area contributed by atoms with Gasteiger partial charge in [0.1, 0.15) is 0 Å². The Bertz CT molecular complexity index is 256. The van der Waals surface area contributed by atoms with Crippen molar-refractivity contribution in [1.82, 2.24) is 0 Å². The van der Waals surface area contributed by atoms with E-state index in [4.69, 9.17) is 17.3 Å². The zero-order chi connectivity index (χ0) is 8.43. The molecule has 60 valence electrons. The zero-order valence-electron chi connectivity index (χ0n) is 6.76. The van der Waals surface area contributed by atoms with Crippen LogP contribution in [0.5, 0.6) is 0 Å². The molecule has 11 heavy (non-hydrogen) atoms. The van der Waals surface area contributed by atoms with Gasteiger partial charge in [-0.1, -0.05) is 29.3 Å². The minimum Gasteiger partial charge on any atom is -0.324 e. The van der Waals surface area contributed by atoms with Crippen molar-refractivity contribution >= 4 is 11.6 Å². The van der Waals surface area contributed by atoms with Gasteiger partial charge >= 0.3 is 0 Å². The summed E-state index contributed by atoms with van der Waals surface area (Å²) in [5.74, 6) is 0. The van der Waals surface area contributed by atoms with E-state index in [0.29, 0.717) is 0 Å². The van der Waals surface area contributed by atoms with Gasteiger partial charge in [-0.3, -0.25) is 0 Å². The largest absolute Gasteiger partial charge is 0.324 e. The molecule has 0 heterocycles. The fourth-order valence-corrected chi connectivity index (χ4v) is 1.30. The molecule has 0 radical (unpaired) electrons. The Morgan fingerprint density at radius 3 is 2.55 bits per heavy atom. The Hall–Kier alpha value is -0.530. The van der Waals surface area contributed by atoms with E-state index in [1.807, 2.05) is 32.0 Å². The van der Waals surface area contributed by atoms with Crippen LogP contribution in [0.4, 0.5) is 0 Å². The minimum atomic E-state index is 0.0161. The van der Waals surface area contributed by atoms with E-state index in [2.05, 4.69) is 0 Å². The molecule has 0 bridgehead atoms. The number of halogens is 1. The van der Waals surface area contributed by atoms with Gasteiger partial charge in [0.25, 0.3) is 0 Å². The highest BCUT2D eigenvalue weighted by atomic mass is 35.5. The van der Waals surface area contributed by atoms with Gasteiger partial charge in [-0.05, 0) is 25.5 Å². The molecule has 0 spiro atoms. The van der Waals surface area contributed by atoms with Crippen LogP contribution in [-0.4, -0.2) is 0 Å². The lowest BCUT2D eigenvalue weighted by Gasteiger charge is -2.08. The summed E-state index contributed by atoms with van der Waals surface area (Å²) in [6.07, 6.45) is 0. The molecule has 2 N–H and O–H groups in total. The summed E-state index contributed by atoms with van der Waals surface area (Å²) in [4.78, 5) is 0.